The number of allylic oxidation sites excluding steroid dienone is 2. The minimum atomic E-state index is -3.88. The molecule has 0 amide bonds. The van der Waals surface area contributed by atoms with Gasteiger partial charge in [0.2, 0.25) is 0 Å². The Bertz CT molecular complexity index is 941. The lowest BCUT2D eigenvalue weighted by Gasteiger charge is -2.11. The van der Waals surface area contributed by atoms with Crippen LogP contribution in [0.25, 0.3) is 0 Å². The van der Waals surface area contributed by atoms with E-state index in [2.05, 4.69) is 4.40 Å². The number of nitrogens with zero attached hydrogens (tertiary/aromatic N) is 1. The van der Waals surface area contributed by atoms with Crippen molar-refractivity contribution in [2.75, 3.05) is 6.61 Å². The van der Waals surface area contributed by atoms with Crippen LogP contribution in [-0.4, -0.2) is 26.5 Å². The van der Waals surface area contributed by atoms with Crippen molar-refractivity contribution < 1.29 is 17.9 Å². The molecule has 3 rings (SSSR count). The van der Waals surface area contributed by atoms with E-state index in [0.717, 1.165) is 0 Å². The molecule has 5 nitrogen and oxygen atoms in total. The predicted molar refractivity (Wildman–Crippen MR) is 91.2 cm³/mol. The molecule has 24 heavy (non-hydrogen) atoms. The van der Waals surface area contributed by atoms with E-state index < -0.39 is 10.0 Å². The summed E-state index contributed by atoms with van der Waals surface area (Å²) < 4.78 is 34.2. The lowest BCUT2D eigenvalue weighted by Crippen LogP contribution is -2.14. The Morgan fingerprint density at radius 3 is 2.29 bits per heavy atom. The number of hydrogen-bond acceptors (Lipinski definition) is 4. The second-order valence-electron chi connectivity index (χ2n) is 5.10. The van der Waals surface area contributed by atoms with Crippen LogP contribution in [0.1, 0.15) is 22.8 Å². The fourth-order valence-electron chi connectivity index (χ4n) is 2.39. The molecule has 0 saturated carbocycles. The molecule has 1 aliphatic carbocycles. The van der Waals surface area contributed by atoms with Crippen LogP contribution in [0.5, 0.6) is 5.75 Å². The van der Waals surface area contributed by atoms with Gasteiger partial charge in [-0.2, -0.15) is 12.8 Å². The molecule has 0 atom stereocenters. The van der Waals surface area contributed by atoms with Gasteiger partial charge in [0.25, 0.3) is 10.0 Å². The summed E-state index contributed by atoms with van der Waals surface area (Å²) in [5, 5.41) is 0. The number of ether oxygens (including phenoxy) is 1. The summed E-state index contributed by atoms with van der Waals surface area (Å²) in [6, 6.07) is 12.9. The summed E-state index contributed by atoms with van der Waals surface area (Å²) in [7, 11) is -3.88. The quantitative estimate of drug-likeness (QED) is 0.857. The smallest absolute Gasteiger partial charge is 0.282 e. The topological polar surface area (TPSA) is 72.8 Å². The van der Waals surface area contributed by atoms with Gasteiger partial charge in [0.15, 0.2) is 5.78 Å². The highest BCUT2D eigenvalue weighted by Gasteiger charge is 2.20. The maximum Gasteiger partial charge on any atom is 0.282 e. The molecule has 0 N–H and O–H groups in total. The minimum absolute atomic E-state index is 0.0706. The summed E-state index contributed by atoms with van der Waals surface area (Å²) >= 11 is 0. The van der Waals surface area contributed by atoms with Gasteiger partial charge in [0.05, 0.1) is 17.2 Å². The van der Waals surface area contributed by atoms with Gasteiger partial charge in [0.1, 0.15) is 5.75 Å². The molecule has 0 aliphatic heterocycles. The van der Waals surface area contributed by atoms with Crippen molar-refractivity contribution in [1.29, 1.82) is 0 Å². The Kier molecular flexibility index (Phi) is 4.31. The van der Waals surface area contributed by atoms with Crippen molar-refractivity contribution in [1.82, 2.24) is 0 Å². The largest absolute Gasteiger partial charge is 0.494 e. The summed E-state index contributed by atoms with van der Waals surface area (Å²) in [4.78, 5) is 11.9. The summed E-state index contributed by atoms with van der Waals surface area (Å²) in [5.74, 6) is 0.431. The van der Waals surface area contributed by atoms with E-state index in [1.54, 1.807) is 36.4 Å². The average molecular weight is 341 g/mol. The Morgan fingerprint density at radius 2 is 1.62 bits per heavy atom. The molecular formula is C18H15NO4S. The average Bonchev–Trinajstić information content (AvgIpc) is 2.58. The first-order valence-electron chi connectivity index (χ1n) is 7.41. The van der Waals surface area contributed by atoms with Gasteiger partial charge >= 0.3 is 0 Å². The lowest BCUT2D eigenvalue weighted by atomic mass is 9.95. The summed E-state index contributed by atoms with van der Waals surface area (Å²) in [6.07, 6.45) is 2.76. The Labute approximate surface area is 140 Å². The number of benzene rings is 2. The lowest BCUT2D eigenvalue weighted by molar-refractivity contribution is 0.104. The highest BCUT2D eigenvalue weighted by Crippen LogP contribution is 2.22. The number of sulfonamides is 1. The van der Waals surface area contributed by atoms with Crippen LogP contribution < -0.4 is 4.74 Å². The Morgan fingerprint density at radius 1 is 0.958 bits per heavy atom. The predicted octanol–water partition coefficient (Wildman–Crippen LogP) is 3.02. The van der Waals surface area contributed by atoms with E-state index in [9.17, 15) is 13.2 Å². The zero-order valence-electron chi connectivity index (χ0n) is 13.0. The zero-order chi connectivity index (χ0) is 17.2. The molecular weight excluding hydrogens is 326 g/mol. The molecule has 0 spiro atoms. The van der Waals surface area contributed by atoms with Crippen LogP contribution in [-0.2, 0) is 10.0 Å². The van der Waals surface area contributed by atoms with Gasteiger partial charge in [-0.3, -0.25) is 4.79 Å². The molecule has 2 aromatic carbocycles. The summed E-state index contributed by atoms with van der Waals surface area (Å²) in [6.45, 7) is 2.36. The molecule has 1 aliphatic rings. The first kappa shape index (κ1) is 16.1. The van der Waals surface area contributed by atoms with Crippen molar-refractivity contribution in [3.63, 3.8) is 0 Å². The van der Waals surface area contributed by atoms with E-state index in [1.165, 1.54) is 24.3 Å². The van der Waals surface area contributed by atoms with Crippen molar-refractivity contribution >= 4 is 21.5 Å². The minimum Gasteiger partial charge on any atom is -0.494 e. The van der Waals surface area contributed by atoms with Crippen LogP contribution >= 0.6 is 0 Å². The number of hydrogen-bond donors (Lipinski definition) is 0. The van der Waals surface area contributed by atoms with Crippen molar-refractivity contribution in [2.24, 2.45) is 4.40 Å². The van der Waals surface area contributed by atoms with Crippen LogP contribution in [0.4, 0.5) is 0 Å². The van der Waals surface area contributed by atoms with E-state index >= 15 is 0 Å². The third-order valence-electron chi connectivity index (χ3n) is 3.51. The first-order valence-corrected chi connectivity index (χ1v) is 8.85. The number of carbonyl (C=O) groups is 1. The van der Waals surface area contributed by atoms with Gasteiger partial charge in [-0.15, -0.1) is 0 Å². The Balaban J connectivity index is 2.01. The van der Waals surface area contributed by atoms with Crippen LogP contribution in [0.3, 0.4) is 0 Å². The number of rotatable bonds is 4. The van der Waals surface area contributed by atoms with Crippen LogP contribution in [0.15, 0.2) is 70.0 Å². The second-order valence-corrected chi connectivity index (χ2v) is 6.70. The summed E-state index contributed by atoms with van der Waals surface area (Å²) in [5.41, 5.74) is 1.21. The first-order chi connectivity index (χ1) is 11.5. The maximum atomic E-state index is 12.5. The van der Waals surface area contributed by atoms with E-state index in [-0.39, 0.29) is 16.4 Å². The SMILES string of the molecule is CCOc1ccc(S(=O)(=O)/N=C2\C=CC(=O)c3ccccc32)cc1. The number of ketones is 1. The van der Waals surface area contributed by atoms with Gasteiger partial charge in [0, 0.05) is 11.1 Å². The van der Waals surface area contributed by atoms with E-state index in [4.69, 9.17) is 4.74 Å². The van der Waals surface area contributed by atoms with E-state index in [1.807, 2.05) is 6.92 Å². The molecule has 0 unspecified atom stereocenters. The molecule has 122 valence electrons. The zero-order valence-corrected chi connectivity index (χ0v) is 13.8. The monoisotopic (exact) mass is 341 g/mol. The van der Waals surface area contributed by atoms with Crippen molar-refractivity contribution in [3.8, 4) is 5.75 Å². The molecule has 0 aromatic heterocycles. The van der Waals surface area contributed by atoms with Crippen molar-refractivity contribution in [3.05, 3.63) is 71.8 Å². The third kappa shape index (κ3) is 3.14. The van der Waals surface area contributed by atoms with Crippen LogP contribution in [0.2, 0.25) is 0 Å². The van der Waals surface area contributed by atoms with Gasteiger partial charge < -0.3 is 4.74 Å². The molecule has 0 radical (unpaired) electrons. The van der Waals surface area contributed by atoms with Gasteiger partial charge in [-0.05, 0) is 43.3 Å². The molecule has 0 fully saturated rings. The molecule has 0 saturated heterocycles. The third-order valence-corrected chi connectivity index (χ3v) is 4.82. The van der Waals surface area contributed by atoms with E-state index in [0.29, 0.717) is 23.5 Å². The maximum absolute atomic E-state index is 12.5. The highest BCUT2D eigenvalue weighted by molar-refractivity contribution is 7.90. The standard InChI is InChI=1S/C18H15NO4S/c1-2-23-13-7-9-14(10-8-13)24(21,22)19-17-11-12-18(20)16-6-4-3-5-15(16)17/h3-12H,2H2,1H3/b19-17+. The van der Waals surface area contributed by atoms with Gasteiger partial charge in [-0.25, -0.2) is 0 Å². The Hall–Kier alpha value is -2.73. The normalized spacial score (nSPS) is 15.4. The van der Waals surface area contributed by atoms with Crippen LogP contribution in [0, 0.1) is 0 Å². The second kappa shape index (κ2) is 6.41. The van der Waals surface area contributed by atoms with Gasteiger partial charge in [-0.1, -0.05) is 24.3 Å². The van der Waals surface area contributed by atoms with Crippen molar-refractivity contribution in [2.45, 2.75) is 11.8 Å². The number of fused-ring (bicyclic) bond motifs is 1. The number of carbonyl (C=O) groups excluding carboxylic acids is 1. The highest BCUT2D eigenvalue weighted by atomic mass is 32.2. The molecule has 2 aromatic rings. The molecule has 0 heterocycles. The fraction of sp³-hybridized carbons (Fsp3) is 0.111. The fourth-order valence-corrected chi connectivity index (χ4v) is 3.40. The molecule has 6 heteroatoms. The molecule has 0 bridgehead atoms.